The summed E-state index contributed by atoms with van der Waals surface area (Å²) in [7, 11) is 7.01. The summed E-state index contributed by atoms with van der Waals surface area (Å²) in [5.74, 6) is -2.23. The fourth-order valence-corrected chi connectivity index (χ4v) is 4.05. The number of phenolic OH excluding ortho intramolecular Hbond substituents is 2. The van der Waals surface area contributed by atoms with Crippen LogP contribution in [0.5, 0.6) is 11.5 Å². The number of carbonyl (C=O) groups is 2. The number of phenols is 2. The maximum atomic E-state index is 13.1. The zero-order chi connectivity index (χ0) is 29.4. The predicted molar refractivity (Wildman–Crippen MR) is 146 cm³/mol. The van der Waals surface area contributed by atoms with Crippen LogP contribution in [0.25, 0.3) is 22.3 Å². The molecule has 0 fully saturated rings. The number of hydrogen-bond donors (Lipinski definition) is 4. The van der Waals surface area contributed by atoms with Crippen LogP contribution < -0.4 is 0 Å². The number of aromatic hydroxyl groups is 2. The Labute approximate surface area is 231 Å². The minimum atomic E-state index is -1.05. The van der Waals surface area contributed by atoms with Crippen LogP contribution in [0.2, 0.25) is 0 Å². The van der Waals surface area contributed by atoms with Gasteiger partial charge in [0.15, 0.2) is 0 Å². The zero-order valence-corrected chi connectivity index (χ0v) is 22.7. The molecule has 0 saturated heterocycles. The highest BCUT2D eigenvalue weighted by Gasteiger charge is 2.26. The summed E-state index contributed by atoms with van der Waals surface area (Å²) < 4.78 is 10.8. The second kappa shape index (κ2) is 13.4. The zero-order valence-electron chi connectivity index (χ0n) is 22.7. The van der Waals surface area contributed by atoms with E-state index in [4.69, 9.17) is 20.5 Å². The third-order valence-electron chi connectivity index (χ3n) is 5.83. The molecule has 0 aliphatic rings. The predicted octanol–water partition coefficient (Wildman–Crippen LogP) is 4.58. The van der Waals surface area contributed by atoms with Gasteiger partial charge in [-0.15, -0.1) is 0 Å². The van der Waals surface area contributed by atoms with Crippen LogP contribution in [-0.4, -0.2) is 85.7 Å². The van der Waals surface area contributed by atoms with Gasteiger partial charge in [-0.1, -0.05) is 36.4 Å². The van der Waals surface area contributed by atoms with Crippen LogP contribution in [-0.2, 0) is 9.47 Å². The highest BCUT2D eigenvalue weighted by Crippen LogP contribution is 2.45. The number of benzene rings is 3. The fraction of sp³-hybridized carbons (Fsp3) is 0.286. The highest BCUT2D eigenvalue weighted by molar-refractivity contribution is 6.02. The monoisotopic (exact) mass is 548 g/mol. The van der Waals surface area contributed by atoms with Gasteiger partial charge in [0, 0.05) is 11.1 Å². The number of ether oxygens (including phenoxy) is 2. The molecule has 3 aromatic rings. The summed E-state index contributed by atoms with van der Waals surface area (Å²) in [6, 6.07) is 15.4. The van der Waals surface area contributed by atoms with Crippen molar-refractivity contribution in [3.63, 3.8) is 0 Å². The van der Waals surface area contributed by atoms with Gasteiger partial charge in [-0.2, -0.15) is 10.2 Å². The van der Waals surface area contributed by atoms with E-state index in [0.717, 1.165) is 0 Å². The minimum Gasteiger partial charge on any atom is -0.507 e. The summed E-state index contributed by atoms with van der Waals surface area (Å²) in [4.78, 5) is 29.6. The van der Waals surface area contributed by atoms with Crippen LogP contribution in [0, 0.1) is 11.1 Å². The van der Waals surface area contributed by atoms with Crippen molar-refractivity contribution in [3.05, 3.63) is 71.8 Å². The van der Waals surface area contributed by atoms with Crippen molar-refractivity contribution in [2.45, 2.75) is 12.5 Å². The summed E-state index contributed by atoms with van der Waals surface area (Å²) in [6.07, 6.45) is -2.07. The van der Waals surface area contributed by atoms with Crippen molar-refractivity contribution in [1.29, 1.82) is 11.1 Å². The Balaban J connectivity index is 2.07. The van der Waals surface area contributed by atoms with E-state index in [-0.39, 0.29) is 52.4 Å². The topological polar surface area (TPSA) is 172 Å². The Morgan fingerprint density at radius 3 is 1.65 bits per heavy atom. The largest absolute Gasteiger partial charge is 0.507 e. The molecular weight excluding hydrogens is 516 g/mol. The molecule has 0 aliphatic carbocycles. The lowest BCUT2D eigenvalue weighted by Gasteiger charge is -2.19. The lowest BCUT2D eigenvalue weighted by Crippen LogP contribution is -2.28. The van der Waals surface area contributed by atoms with Crippen molar-refractivity contribution < 1.29 is 29.3 Å². The number of carbonyl (C=O) groups excluding carboxylic acids is 2. The molecule has 0 bridgehead atoms. The molecule has 12 heteroatoms. The van der Waals surface area contributed by atoms with Gasteiger partial charge < -0.3 is 29.5 Å². The number of esters is 2. The fourth-order valence-electron chi connectivity index (χ4n) is 4.05. The van der Waals surface area contributed by atoms with Gasteiger partial charge in [-0.05, 0) is 58.0 Å². The third-order valence-corrected chi connectivity index (χ3v) is 5.83. The van der Waals surface area contributed by atoms with E-state index in [1.54, 1.807) is 68.3 Å². The first-order chi connectivity index (χ1) is 19.1. The Morgan fingerprint density at radius 2 is 1.18 bits per heavy atom. The van der Waals surface area contributed by atoms with E-state index in [1.165, 1.54) is 30.3 Å². The number of rotatable bonds is 12. The van der Waals surface area contributed by atoms with E-state index in [2.05, 4.69) is 10.2 Å². The molecule has 2 unspecified atom stereocenters. The van der Waals surface area contributed by atoms with E-state index in [0.29, 0.717) is 5.56 Å². The summed E-state index contributed by atoms with van der Waals surface area (Å²) >= 11 is 0. The van der Waals surface area contributed by atoms with E-state index >= 15 is 0 Å². The molecule has 12 nitrogen and oxygen atoms in total. The number of hydrogen-bond acceptors (Lipinski definition) is 12. The molecule has 3 aromatic carbocycles. The first-order valence-corrected chi connectivity index (χ1v) is 12.3. The maximum Gasteiger partial charge on any atom is 0.340 e. The Kier molecular flexibility index (Phi) is 10.0. The number of nitrogens with one attached hydrogen (secondary N) is 2. The van der Waals surface area contributed by atoms with Crippen LogP contribution in [0.15, 0.2) is 70.9 Å². The second-order valence-electron chi connectivity index (χ2n) is 9.45. The molecule has 4 N–H and O–H groups in total. The molecule has 0 radical (unpaired) electrons. The van der Waals surface area contributed by atoms with Crippen LogP contribution in [0.4, 0.5) is 0 Å². The average molecular weight is 549 g/mol. The first-order valence-electron chi connectivity index (χ1n) is 12.3. The van der Waals surface area contributed by atoms with Gasteiger partial charge in [0.25, 0.3) is 0 Å². The first kappa shape index (κ1) is 29.9. The molecule has 0 aromatic heterocycles. The summed E-state index contributed by atoms with van der Waals surface area (Å²) in [5, 5.41) is 28.9. The van der Waals surface area contributed by atoms with E-state index in [1.807, 2.05) is 0 Å². The average Bonchev–Trinajstić information content (AvgIpc) is 2.92. The molecule has 0 spiro atoms. The Morgan fingerprint density at radius 1 is 0.725 bits per heavy atom. The van der Waals surface area contributed by atoms with Crippen molar-refractivity contribution >= 4 is 11.9 Å². The van der Waals surface area contributed by atoms with Crippen molar-refractivity contribution in [2.24, 2.45) is 10.2 Å². The smallest absolute Gasteiger partial charge is 0.340 e. The second-order valence-corrected chi connectivity index (χ2v) is 9.45. The number of likely N-dealkylation sites (N-methyl/N-ethyl adjacent to an activating group) is 2. The van der Waals surface area contributed by atoms with Crippen LogP contribution in [0.1, 0.15) is 20.7 Å². The van der Waals surface area contributed by atoms with Crippen LogP contribution >= 0.6 is 0 Å². The Hall–Kier alpha value is -4.68. The molecule has 0 heterocycles. The van der Waals surface area contributed by atoms with Crippen molar-refractivity contribution in [3.8, 4) is 33.8 Å². The van der Waals surface area contributed by atoms with Crippen molar-refractivity contribution in [1.82, 2.24) is 9.80 Å². The summed E-state index contributed by atoms with van der Waals surface area (Å²) in [6.45, 7) is 0.404. The molecule has 0 saturated carbocycles. The van der Waals surface area contributed by atoms with Gasteiger partial charge in [0.05, 0.1) is 29.8 Å². The molecule has 210 valence electrons. The standard InChI is InChI=1S/C28H32N6O6/c1-33(2)15-23(31-29)39-27(37)20-11-7-5-9-17(20)19-13-14-22(35)25(26(19)36)18-10-6-8-12-21(18)28(38)40-24(32-30)16-34(3)4/h5-14,23-24,29-30,35-36H,15-16H2,1-4H3. The molecule has 0 aliphatic heterocycles. The maximum absolute atomic E-state index is 13.1. The van der Waals surface area contributed by atoms with Crippen LogP contribution in [0.3, 0.4) is 0 Å². The van der Waals surface area contributed by atoms with Gasteiger partial charge in [-0.25, -0.2) is 20.7 Å². The van der Waals surface area contributed by atoms with Crippen molar-refractivity contribution in [2.75, 3.05) is 41.3 Å². The van der Waals surface area contributed by atoms with Gasteiger partial charge in [0.2, 0.25) is 12.5 Å². The lowest BCUT2D eigenvalue weighted by molar-refractivity contribution is 0.0231. The van der Waals surface area contributed by atoms with Gasteiger partial charge in [-0.3, -0.25) is 0 Å². The highest BCUT2D eigenvalue weighted by atomic mass is 16.6. The number of nitrogens with zero attached hydrogens (tertiary/aromatic N) is 4. The lowest BCUT2D eigenvalue weighted by atomic mass is 9.92. The minimum absolute atomic E-state index is 0.0361. The molecular formula is C28H32N6O6. The molecule has 0 amide bonds. The molecule has 3 rings (SSSR count). The SMILES string of the molecule is CN(C)CC(N=N)OC(=O)c1ccccc1-c1ccc(O)c(-c2ccccc2C(=O)OC(CN(C)C)N=N)c1O. The molecule has 40 heavy (non-hydrogen) atoms. The van der Waals surface area contributed by atoms with Gasteiger partial charge >= 0.3 is 11.9 Å². The quantitative estimate of drug-likeness (QED) is 0.188. The normalized spacial score (nSPS) is 12.6. The van der Waals surface area contributed by atoms with E-state index in [9.17, 15) is 19.8 Å². The third kappa shape index (κ3) is 7.04. The molecule has 2 atom stereocenters. The van der Waals surface area contributed by atoms with Gasteiger partial charge in [0.1, 0.15) is 11.5 Å². The summed E-state index contributed by atoms with van der Waals surface area (Å²) in [5.41, 5.74) is 15.5. The van der Waals surface area contributed by atoms with E-state index < -0.39 is 24.4 Å². The Bertz CT molecular complexity index is 1390.